The van der Waals surface area contributed by atoms with Crippen LogP contribution in [-0.4, -0.2) is 7.11 Å². The number of methoxy groups -OCH3 is 1. The highest BCUT2D eigenvalue weighted by Crippen LogP contribution is 2.34. The van der Waals surface area contributed by atoms with Crippen LogP contribution >= 0.6 is 11.6 Å². The highest BCUT2D eigenvalue weighted by Gasteiger charge is 2.20. The monoisotopic (exact) mass is 438 g/mol. The van der Waals surface area contributed by atoms with Crippen LogP contribution in [0.1, 0.15) is 16.7 Å². The Kier molecular flexibility index (Phi) is 5.70. The van der Waals surface area contributed by atoms with Crippen molar-refractivity contribution in [3.63, 3.8) is 0 Å². The molecule has 0 saturated carbocycles. The Labute approximate surface area is 183 Å². The summed E-state index contributed by atoms with van der Waals surface area (Å²) in [6.07, 6.45) is 0. The topological polar surface area (TPSA) is 48.7 Å². The van der Waals surface area contributed by atoms with Crippen molar-refractivity contribution in [2.45, 2.75) is 20.5 Å². The predicted molar refractivity (Wildman–Crippen MR) is 120 cm³/mol. The van der Waals surface area contributed by atoms with Gasteiger partial charge in [-0.15, -0.1) is 0 Å². The zero-order valence-corrected chi connectivity index (χ0v) is 18.0. The summed E-state index contributed by atoms with van der Waals surface area (Å²) in [4.78, 5) is 13.4. The minimum absolute atomic E-state index is 0.00184. The molecule has 4 rings (SSSR count). The zero-order valence-electron chi connectivity index (χ0n) is 17.3. The Balaban J connectivity index is 1.90. The first-order valence-corrected chi connectivity index (χ1v) is 10.0. The van der Waals surface area contributed by atoms with Gasteiger partial charge in [-0.05, 0) is 67.4 Å². The van der Waals surface area contributed by atoms with Gasteiger partial charge in [-0.3, -0.25) is 4.79 Å². The third-order valence-electron chi connectivity index (χ3n) is 5.05. The number of hydrogen-bond donors (Lipinski definition) is 0. The summed E-state index contributed by atoms with van der Waals surface area (Å²) in [5.74, 6) is 0.427. The lowest BCUT2D eigenvalue weighted by molar-refractivity contribution is 0.292. The van der Waals surface area contributed by atoms with Crippen molar-refractivity contribution in [3.8, 4) is 22.8 Å². The summed E-state index contributed by atoms with van der Waals surface area (Å²) < 4.78 is 31.5. The average Bonchev–Trinajstić information content (AvgIpc) is 2.75. The molecular weight excluding hydrogens is 419 g/mol. The number of rotatable bonds is 5. The zero-order chi connectivity index (χ0) is 22.1. The summed E-state index contributed by atoms with van der Waals surface area (Å²) in [6.45, 7) is 3.58. The van der Waals surface area contributed by atoms with Crippen molar-refractivity contribution in [3.05, 3.63) is 92.4 Å². The molecule has 0 aliphatic carbocycles. The number of benzene rings is 3. The molecule has 0 atom stereocenters. The molecule has 0 aliphatic rings. The second-order valence-electron chi connectivity index (χ2n) is 7.27. The van der Waals surface area contributed by atoms with Crippen molar-refractivity contribution < 1.29 is 18.3 Å². The first-order valence-electron chi connectivity index (χ1n) is 9.67. The number of ether oxygens (including phenoxy) is 2. The minimum Gasteiger partial charge on any atom is -0.497 e. The highest BCUT2D eigenvalue weighted by atomic mass is 35.5. The molecule has 0 saturated heterocycles. The molecule has 4 aromatic rings. The van der Waals surface area contributed by atoms with Crippen LogP contribution in [0.2, 0.25) is 5.02 Å². The molecule has 1 aromatic heterocycles. The molecule has 0 unspecified atom stereocenters. The smallest absolute Gasteiger partial charge is 0.235 e. The predicted octanol–water partition coefficient (Wildman–Crippen LogP) is 6.46. The summed E-state index contributed by atoms with van der Waals surface area (Å²) in [5.41, 5.74) is 2.73. The summed E-state index contributed by atoms with van der Waals surface area (Å²) >= 11 is 6.13. The molecule has 1 heterocycles. The van der Waals surface area contributed by atoms with Crippen molar-refractivity contribution in [2.24, 2.45) is 0 Å². The molecule has 6 heteroatoms. The van der Waals surface area contributed by atoms with Gasteiger partial charge in [0.25, 0.3) is 0 Å². The fourth-order valence-corrected chi connectivity index (χ4v) is 3.73. The van der Waals surface area contributed by atoms with Gasteiger partial charge in [0.1, 0.15) is 23.8 Å². The lowest BCUT2D eigenvalue weighted by atomic mass is 10.1. The van der Waals surface area contributed by atoms with E-state index in [-0.39, 0.29) is 34.1 Å². The van der Waals surface area contributed by atoms with E-state index in [1.807, 2.05) is 19.9 Å². The van der Waals surface area contributed by atoms with Crippen LogP contribution in [0.4, 0.5) is 4.39 Å². The third kappa shape index (κ3) is 4.01. The fraction of sp³-hybridized carbons (Fsp3) is 0.160. The van der Waals surface area contributed by atoms with Gasteiger partial charge in [0.2, 0.25) is 11.2 Å². The number of hydrogen-bond acceptors (Lipinski definition) is 4. The Hall–Kier alpha value is -3.31. The highest BCUT2D eigenvalue weighted by molar-refractivity contribution is 6.31. The fourth-order valence-electron chi connectivity index (χ4n) is 3.51. The standard InChI is InChI=1S/C25H20ClFO4/c1-14-11-15(2)23-18(12-14)22(28)25(30-13-19-20(26)5-4-6-21(19)27)24(31-23)16-7-9-17(29-3)10-8-16/h4-12H,13H2,1-3H3. The second-order valence-corrected chi connectivity index (χ2v) is 7.67. The Morgan fingerprint density at radius 2 is 1.81 bits per heavy atom. The molecule has 4 nitrogen and oxygen atoms in total. The normalized spacial score (nSPS) is 11.0. The minimum atomic E-state index is -0.504. The molecule has 0 bridgehead atoms. The lowest BCUT2D eigenvalue weighted by Gasteiger charge is -2.14. The molecule has 31 heavy (non-hydrogen) atoms. The van der Waals surface area contributed by atoms with Crippen LogP contribution in [0.25, 0.3) is 22.3 Å². The van der Waals surface area contributed by atoms with Crippen molar-refractivity contribution in [1.82, 2.24) is 0 Å². The quantitative estimate of drug-likeness (QED) is 0.359. The van der Waals surface area contributed by atoms with E-state index in [9.17, 15) is 9.18 Å². The van der Waals surface area contributed by atoms with Gasteiger partial charge < -0.3 is 13.9 Å². The summed E-state index contributed by atoms with van der Waals surface area (Å²) in [7, 11) is 1.57. The summed E-state index contributed by atoms with van der Waals surface area (Å²) in [6, 6.07) is 15.2. The van der Waals surface area contributed by atoms with Crippen LogP contribution in [0, 0.1) is 19.7 Å². The van der Waals surface area contributed by atoms with E-state index in [2.05, 4.69) is 0 Å². The average molecular weight is 439 g/mol. The van der Waals surface area contributed by atoms with Crippen LogP contribution in [0.3, 0.4) is 0 Å². The summed E-state index contributed by atoms with van der Waals surface area (Å²) in [5, 5.41) is 0.632. The molecule has 0 aliphatic heterocycles. The molecular formula is C25H20ClFO4. The Morgan fingerprint density at radius 3 is 2.48 bits per heavy atom. The van der Waals surface area contributed by atoms with Gasteiger partial charge in [-0.1, -0.05) is 23.7 Å². The van der Waals surface area contributed by atoms with Gasteiger partial charge in [-0.25, -0.2) is 4.39 Å². The van der Waals surface area contributed by atoms with E-state index >= 15 is 0 Å². The second kappa shape index (κ2) is 8.44. The van der Waals surface area contributed by atoms with Gasteiger partial charge in [0.05, 0.1) is 17.5 Å². The van der Waals surface area contributed by atoms with E-state index in [0.717, 1.165) is 11.1 Å². The van der Waals surface area contributed by atoms with Crippen LogP contribution in [0.15, 0.2) is 63.8 Å². The lowest BCUT2D eigenvalue weighted by Crippen LogP contribution is -2.11. The van der Waals surface area contributed by atoms with E-state index in [4.69, 9.17) is 25.5 Å². The molecule has 0 radical (unpaired) electrons. The SMILES string of the molecule is COc1ccc(-c2oc3c(C)cc(C)cc3c(=O)c2OCc2c(F)cccc2Cl)cc1. The van der Waals surface area contributed by atoms with Crippen molar-refractivity contribution >= 4 is 22.6 Å². The molecule has 0 amide bonds. The first-order chi connectivity index (χ1) is 14.9. The van der Waals surface area contributed by atoms with E-state index in [1.165, 1.54) is 12.1 Å². The van der Waals surface area contributed by atoms with Crippen molar-refractivity contribution in [1.29, 1.82) is 0 Å². The molecule has 0 N–H and O–H groups in total. The van der Waals surface area contributed by atoms with Crippen LogP contribution < -0.4 is 14.9 Å². The molecule has 3 aromatic carbocycles. The molecule has 0 fully saturated rings. The van der Waals surface area contributed by atoms with E-state index in [1.54, 1.807) is 43.5 Å². The Bertz CT molecular complexity index is 1310. The van der Waals surface area contributed by atoms with E-state index < -0.39 is 5.82 Å². The van der Waals surface area contributed by atoms with E-state index in [0.29, 0.717) is 22.3 Å². The maximum atomic E-state index is 14.2. The number of halogens is 2. The van der Waals surface area contributed by atoms with Crippen molar-refractivity contribution in [2.75, 3.05) is 7.11 Å². The maximum Gasteiger partial charge on any atom is 0.235 e. The van der Waals surface area contributed by atoms with Gasteiger partial charge in [0, 0.05) is 11.1 Å². The first kappa shape index (κ1) is 20.9. The van der Waals surface area contributed by atoms with Gasteiger partial charge in [0.15, 0.2) is 5.76 Å². The van der Waals surface area contributed by atoms with Crippen LogP contribution in [0.5, 0.6) is 11.5 Å². The maximum absolute atomic E-state index is 14.2. The van der Waals surface area contributed by atoms with Crippen LogP contribution in [-0.2, 0) is 6.61 Å². The van der Waals surface area contributed by atoms with Gasteiger partial charge >= 0.3 is 0 Å². The number of aryl methyl sites for hydroxylation is 2. The third-order valence-corrected chi connectivity index (χ3v) is 5.41. The largest absolute Gasteiger partial charge is 0.497 e. The molecule has 0 spiro atoms. The molecule has 158 valence electrons. The number of fused-ring (bicyclic) bond motifs is 1. The Morgan fingerprint density at radius 1 is 1.06 bits per heavy atom. The van der Waals surface area contributed by atoms with Gasteiger partial charge in [-0.2, -0.15) is 0 Å².